The number of methoxy groups -OCH3 is 1. The summed E-state index contributed by atoms with van der Waals surface area (Å²) in [6.07, 6.45) is 5.78. The van der Waals surface area contributed by atoms with Crippen molar-refractivity contribution in [3.8, 4) is 5.75 Å². The summed E-state index contributed by atoms with van der Waals surface area (Å²) in [5.41, 5.74) is 0.891. The third kappa shape index (κ3) is 5.05. The number of hydrogen-bond acceptors (Lipinski definition) is 4. The molecule has 1 aliphatic rings. The molecule has 0 aliphatic heterocycles. The molecule has 21 heavy (non-hydrogen) atoms. The van der Waals surface area contributed by atoms with Crippen molar-refractivity contribution in [2.24, 2.45) is 5.92 Å². The normalized spacial score (nSPS) is 17.2. The molecule has 0 aromatic heterocycles. The Hall–Kier alpha value is -1.55. The van der Waals surface area contributed by atoms with Crippen LogP contribution in [0.2, 0.25) is 0 Å². The molecular weight excluding hydrogens is 268 g/mol. The van der Waals surface area contributed by atoms with Crippen LogP contribution >= 0.6 is 0 Å². The van der Waals surface area contributed by atoms with E-state index in [2.05, 4.69) is 4.74 Å². The fourth-order valence-corrected chi connectivity index (χ4v) is 2.78. The van der Waals surface area contributed by atoms with Gasteiger partial charge < -0.3 is 14.6 Å². The van der Waals surface area contributed by atoms with Crippen LogP contribution in [0.15, 0.2) is 24.3 Å². The Kier molecular flexibility index (Phi) is 6.05. The van der Waals surface area contributed by atoms with Crippen molar-refractivity contribution in [3.63, 3.8) is 0 Å². The second kappa shape index (κ2) is 8.03. The van der Waals surface area contributed by atoms with Crippen LogP contribution in [-0.4, -0.2) is 30.9 Å². The van der Waals surface area contributed by atoms with Crippen molar-refractivity contribution in [1.82, 2.24) is 0 Å². The van der Waals surface area contributed by atoms with Crippen LogP contribution in [0.4, 0.5) is 0 Å². The molecule has 0 heterocycles. The van der Waals surface area contributed by atoms with E-state index in [0.29, 0.717) is 12.5 Å². The minimum Gasteiger partial charge on any atom is -0.491 e. The molecular formula is C17H24O4. The lowest BCUT2D eigenvalue weighted by Crippen LogP contribution is -2.28. The molecule has 116 valence electrons. The smallest absolute Gasteiger partial charge is 0.309 e. The number of rotatable bonds is 6. The minimum atomic E-state index is -0.389. The van der Waals surface area contributed by atoms with Gasteiger partial charge in [0, 0.05) is 0 Å². The van der Waals surface area contributed by atoms with E-state index in [-0.39, 0.29) is 18.5 Å². The Bertz CT molecular complexity index is 435. The van der Waals surface area contributed by atoms with E-state index in [1.165, 1.54) is 26.4 Å². The van der Waals surface area contributed by atoms with E-state index in [9.17, 15) is 9.90 Å². The number of carbonyl (C=O) groups excluding carboxylic acids is 1. The summed E-state index contributed by atoms with van der Waals surface area (Å²) in [6, 6.07) is 7.34. The second-order valence-electron chi connectivity index (χ2n) is 5.67. The molecule has 0 saturated heterocycles. The van der Waals surface area contributed by atoms with Crippen LogP contribution < -0.4 is 4.74 Å². The first-order valence-corrected chi connectivity index (χ1v) is 7.65. The number of aliphatic hydroxyl groups is 1. The average molecular weight is 292 g/mol. The lowest BCUT2D eigenvalue weighted by Gasteiger charge is -2.26. The van der Waals surface area contributed by atoms with Gasteiger partial charge in [0.2, 0.25) is 0 Å². The summed E-state index contributed by atoms with van der Waals surface area (Å²) in [5.74, 6) is 0.840. The summed E-state index contributed by atoms with van der Waals surface area (Å²) in [6.45, 7) is 0.334. The van der Waals surface area contributed by atoms with E-state index < -0.39 is 0 Å². The topological polar surface area (TPSA) is 55.8 Å². The zero-order valence-corrected chi connectivity index (χ0v) is 12.6. The fourth-order valence-electron chi connectivity index (χ4n) is 2.78. The summed E-state index contributed by atoms with van der Waals surface area (Å²) >= 11 is 0. The highest BCUT2D eigenvalue weighted by Crippen LogP contribution is 2.26. The number of benzene rings is 1. The van der Waals surface area contributed by atoms with Gasteiger partial charge in [-0.2, -0.15) is 0 Å². The Morgan fingerprint density at radius 2 is 1.90 bits per heavy atom. The third-order valence-corrected chi connectivity index (χ3v) is 4.11. The van der Waals surface area contributed by atoms with Gasteiger partial charge in [-0.05, 0) is 36.5 Å². The first-order valence-electron chi connectivity index (χ1n) is 7.65. The number of carbonyl (C=O) groups is 1. The highest BCUT2D eigenvalue weighted by Gasteiger charge is 2.22. The molecule has 0 amide bonds. The molecule has 4 heteroatoms. The van der Waals surface area contributed by atoms with Crippen LogP contribution in [0.5, 0.6) is 5.75 Å². The first kappa shape index (κ1) is 15.8. The minimum absolute atomic E-state index is 0.253. The predicted molar refractivity (Wildman–Crippen MR) is 80.2 cm³/mol. The maximum absolute atomic E-state index is 11.2. The zero-order valence-electron chi connectivity index (χ0n) is 12.6. The molecule has 1 aromatic carbocycles. The lowest BCUT2D eigenvalue weighted by atomic mass is 9.85. The van der Waals surface area contributed by atoms with E-state index in [0.717, 1.165) is 24.2 Å². The third-order valence-electron chi connectivity index (χ3n) is 4.11. The summed E-state index contributed by atoms with van der Waals surface area (Å²) in [4.78, 5) is 11.2. The number of aliphatic hydroxyl groups excluding tert-OH is 1. The van der Waals surface area contributed by atoms with Gasteiger partial charge in [-0.1, -0.05) is 31.4 Å². The molecule has 2 rings (SSSR count). The second-order valence-corrected chi connectivity index (χ2v) is 5.67. The summed E-state index contributed by atoms with van der Waals surface area (Å²) in [7, 11) is 1.38. The number of ether oxygens (including phenoxy) is 2. The maximum atomic E-state index is 11.2. The summed E-state index contributed by atoms with van der Waals surface area (Å²) in [5, 5.41) is 10.2. The Morgan fingerprint density at radius 3 is 2.52 bits per heavy atom. The molecule has 4 nitrogen and oxygen atoms in total. The van der Waals surface area contributed by atoms with Gasteiger partial charge in [0.1, 0.15) is 12.4 Å². The van der Waals surface area contributed by atoms with Gasteiger partial charge >= 0.3 is 5.97 Å². The highest BCUT2D eigenvalue weighted by atomic mass is 16.5. The van der Waals surface area contributed by atoms with Crippen molar-refractivity contribution in [1.29, 1.82) is 0 Å². The molecule has 1 N–H and O–H groups in total. The van der Waals surface area contributed by atoms with Crippen LogP contribution in [0.1, 0.15) is 37.7 Å². The molecule has 1 fully saturated rings. The fraction of sp³-hybridized carbons (Fsp3) is 0.588. The van der Waals surface area contributed by atoms with Crippen molar-refractivity contribution < 1.29 is 19.4 Å². The molecule has 0 bridgehead atoms. The van der Waals surface area contributed by atoms with Crippen LogP contribution in [0, 0.1) is 5.92 Å². The van der Waals surface area contributed by atoms with Gasteiger partial charge in [0.05, 0.1) is 19.6 Å². The summed E-state index contributed by atoms with van der Waals surface area (Å²) < 4.78 is 10.3. The zero-order chi connectivity index (χ0) is 15.1. The number of hydrogen-bond donors (Lipinski definition) is 1. The van der Waals surface area contributed by atoms with E-state index in [1.54, 1.807) is 0 Å². The highest BCUT2D eigenvalue weighted by molar-refractivity contribution is 5.72. The maximum Gasteiger partial charge on any atom is 0.309 e. The Labute approximate surface area is 126 Å². The van der Waals surface area contributed by atoms with Gasteiger partial charge in [-0.25, -0.2) is 0 Å². The van der Waals surface area contributed by atoms with E-state index in [4.69, 9.17) is 4.74 Å². The number of esters is 1. The monoisotopic (exact) mass is 292 g/mol. The van der Waals surface area contributed by atoms with Gasteiger partial charge in [0.15, 0.2) is 0 Å². The van der Waals surface area contributed by atoms with Gasteiger partial charge in [-0.3, -0.25) is 4.79 Å². The molecule has 1 aliphatic carbocycles. The first-order chi connectivity index (χ1) is 10.2. The van der Waals surface area contributed by atoms with Crippen LogP contribution in [0.25, 0.3) is 0 Å². The standard InChI is InChI=1S/C17H24O4/c1-20-17(19)11-13-7-9-15(10-8-13)21-12-16(18)14-5-3-2-4-6-14/h7-10,14,16,18H,2-6,11-12H2,1H3. The molecule has 1 saturated carbocycles. The van der Waals surface area contributed by atoms with Crippen LogP contribution in [-0.2, 0) is 16.0 Å². The predicted octanol–water partition coefficient (Wildman–Crippen LogP) is 2.72. The van der Waals surface area contributed by atoms with Crippen molar-refractivity contribution in [3.05, 3.63) is 29.8 Å². The quantitative estimate of drug-likeness (QED) is 0.819. The molecule has 0 spiro atoms. The molecule has 1 unspecified atom stereocenters. The van der Waals surface area contributed by atoms with E-state index in [1.807, 2.05) is 24.3 Å². The largest absolute Gasteiger partial charge is 0.491 e. The van der Waals surface area contributed by atoms with Crippen LogP contribution in [0.3, 0.4) is 0 Å². The van der Waals surface area contributed by atoms with Gasteiger partial charge in [0.25, 0.3) is 0 Å². The Balaban J connectivity index is 1.78. The Morgan fingerprint density at radius 1 is 1.24 bits per heavy atom. The van der Waals surface area contributed by atoms with Crippen molar-refractivity contribution in [2.45, 2.75) is 44.6 Å². The molecule has 0 radical (unpaired) electrons. The van der Waals surface area contributed by atoms with E-state index >= 15 is 0 Å². The lowest BCUT2D eigenvalue weighted by molar-refractivity contribution is -0.139. The van der Waals surface area contributed by atoms with Crippen molar-refractivity contribution >= 4 is 5.97 Å². The van der Waals surface area contributed by atoms with Crippen molar-refractivity contribution in [2.75, 3.05) is 13.7 Å². The molecule has 1 atom stereocenters. The van der Waals surface area contributed by atoms with Gasteiger partial charge in [-0.15, -0.1) is 0 Å². The average Bonchev–Trinajstić information content (AvgIpc) is 2.54. The molecule has 1 aromatic rings. The SMILES string of the molecule is COC(=O)Cc1ccc(OCC(O)C2CCCCC2)cc1.